The van der Waals surface area contributed by atoms with Crippen molar-refractivity contribution < 1.29 is 28.7 Å². The van der Waals surface area contributed by atoms with Crippen LogP contribution < -0.4 is 15.5 Å². The number of H-pyrrole nitrogens is 2. The molecular formula is C46H48N10O6. The van der Waals surface area contributed by atoms with Gasteiger partial charge < -0.3 is 35.0 Å². The van der Waals surface area contributed by atoms with Crippen molar-refractivity contribution in [1.82, 2.24) is 45.4 Å². The molecule has 9 rings (SSSR count). The standard InChI is InChI=1S/C46H48N10O6/c1-5-25(2)39(54-46(60)62-4)44(58)55-19-7-10-37(55)41-48-23-35(51-41)27-13-11-26(12-14-27)34-22-47-33-20-29(16-17-31(33)50-34)36-24-49-42(52-36)38-21-30-9-6-8-28-15-18-32(53-45(59)61-3)43(57)56(38)40(28)30/h6,8-9,11-14,16-17,20,22-25,32,37-39H,5,7,10,15,18-19,21H2,1-4H3,(H,48,51)(H,49,52)(H,53,59)(H,54,60)/t25-,32-,37?,38-,39-/m0/s1. The number of hydrogen-bond donors (Lipinski definition) is 4. The van der Waals surface area contributed by atoms with E-state index in [2.05, 4.69) is 20.6 Å². The van der Waals surface area contributed by atoms with Gasteiger partial charge >= 0.3 is 12.2 Å². The van der Waals surface area contributed by atoms with Crippen molar-refractivity contribution in [1.29, 1.82) is 0 Å². The van der Waals surface area contributed by atoms with Crippen molar-refractivity contribution in [2.45, 2.75) is 76.5 Å². The predicted molar refractivity (Wildman–Crippen MR) is 231 cm³/mol. The second-order valence-corrected chi connectivity index (χ2v) is 16.2. The fourth-order valence-electron chi connectivity index (χ4n) is 8.99. The molecule has 16 heteroatoms. The Labute approximate surface area is 357 Å². The quantitative estimate of drug-likeness (QED) is 0.114. The lowest BCUT2D eigenvalue weighted by Gasteiger charge is -2.30. The fourth-order valence-corrected chi connectivity index (χ4v) is 8.99. The highest BCUT2D eigenvalue weighted by molar-refractivity contribution is 6.02. The first-order valence-corrected chi connectivity index (χ1v) is 21.0. The first kappa shape index (κ1) is 40.3. The minimum atomic E-state index is -0.717. The van der Waals surface area contributed by atoms with Crippen molar-refractivity contribution in [3.63, 3.8) is 0 Å². The number of carbonyl (C=O) groups excluding carboxylic acids is 4. The van der Waals surface area contributed by atoms with Crippen LogP contribution in [-0.2, 0) is 31.9 Å². The summed E-state index contributed by atoms with van der Waals surface area (Å²) in [7, 11) is 2.59. The number of fused-ring (bicyclic) bond motifs is 1. The van der Waals surface area contributed by atoms with E-state index in [0.717, 1.165) is 80.9 Å². The molecule has 318 valence electrons. The fraction of sp³-hybridized carbons (Fsp3) is 0.348. The van der Waals surface area contributed by atoms with Gasteiger partial charge in [0.15, 0.2) is 0 Å². The molecule has 3 aliphatic rings. The van der Waals surface area contributed by atoms with Gasteiger partial charge in [0.25, 0.3) is 0 Å². The Hall–Kier alpha value is -7.10. The molecule has 3 aromatic carbocycles. The third kappa shape index (κ3) is 7.49. The number of aromatic amines is 2. The van der Waals surface area contributed by atoms with Crippen LogP contribution in [0.15, 0.2) is 79.3 Å². The number of ether oxygens (including phenoxy) is 2. The van der Waals surface area contributed by atoms with Gasteiger partial charge in [0.2, 0.25) is 11.8 Å². The van der Waals surface area contributed by atoms with Crippen LogP contribution in [0.2, 0.25) is 0 Å². The number of alkyl carbamates (subject to hydrolysis) is 2. The number of imidazole rings is 2. The molecule has 16 nitrogen and oxygen atoms in total. The van der Waals surface area contributed by atoms with Crippen molar-refractivity contribution in [2.75, 3.05) is 25.7 Å². The molecule has 1 unspecified atom stereocenters. The molecule has 62 heavy (non-hydrogen) atoms. The van der Waals surface area contributed by atoms with E-state index in [9.17, 15) is 19.2 Å². The molecule has 6 heterocycles. The number of amides is 4. The molecule has 0 bridgehead atoms. The van der Waals surface area contributed by atoms with E-state index in [1.165, 1.54) is 14.2 Å². The maximum Gasteiger partial charge on any atom is 0.407 e. The summed E-state index contributed by atoms with van der Waals surface area (Å²) in [4.78, 5) is 81.6. The lowest BCUT2D eigenvalue weighted by molar-refractivity contribution is -0.135. The van der Waals surface area contributed by atoms with Crippen LogP contribution in [0.4, 0.5) is 15.3 Å². The van der Waals surface area contributed by atoms with Crippen LogP contribution >= 0.6 is 0 Å². The van der Waals surface area contributed by atoms with Gasteiger partial charge in [-0.25, -0.2) is 24.5 Å². The number of rotatable bonds is 10. The number of nitrogens with one attached hydrogen (secondary N) is 4. The van der Waals surface area contributed by atoms with Gasteiger partial charge in [0, 0.05) is 24.1 Å². The maximum atomic E-state index is 14.0. The molecule has 3 aliphatic heterocycles. The van der Waals surface area contributed by atoms with E-state index < -0.39 is 24.3 Å². The Morgan fingerprint density at radius 2 is 1.52 bits per heavy atom. The summed E-state index contributed by atoms with van der Waals surface area (Å²) in [6, 6.07) is 18.0. The lowest BCUT2D eigenvalue weighted by Crippen LogP contribution is -2.51. The van der Waals surface area contributed by atoms with Crippen LogP contribution in [-0.4, -0.2) is 91.7 Å². The Morgan fingerprint density at radius 1 is 0.823 bits per heavy atom. The largest absolute Gasteiger partial charge is 0.453 e. The Kier molecular flexibility index (Phi) is 10.9. The monoisotopic (exact) mass is 836 g/mol. The Morgan fingerprint density at radius 3 is 2.26 bits per heavy atom. The number of aryl methyl sites for hydroxylation is 1. The zero-order chi connectivity index (χ0) is 43.1. The molecule has 4 N–H and O–H groups in total. The maximum absolute atomic E-state index is 14.0. The average molecular weight is 837 g/mol. The number of benzene rings is 3. The van der Waals surface area contributed by atoms with E-state index in [1.54, 1.807) is 23.5 Å². The molecule has 1 fully saturated rings. The number of methoxy groups -OCH3 is 2. The van der Waals surface area contributed by atoms with E-state index in [4.69, 9.17) is 29.4 Å². The molecule has 0 spiro atoms. The van der Waals surface area contributed by atoms with Gasteiger partial charge in [-0.3, -0.25) is 19.5 Å². The van der Waals surface area contributed by atoms with Crippen LogP contribution in [0, 0.1) is 5.92 Å². The topological polar surface area (TPSA) is 200 Å². The number of para-hydroxylation sites is 1. The van der Waals surface area contributed by atoms with Crippen molar-refractivity contribution >= 4 is 40.7 Å². The Bertz CT molecular complexity index is 2680. The zero-order valence-electron chi connectivity index (χ0n) is 35.0. The average Bonchev–Trinajstić information content (AvgIpc) is 4.14. The number of anilines is 1. The molecule has 5 atom stereocenters. The highest BCUT2D eigenvalue weighted by atomic mass is 16.5. The first-order chi connectivity index (χ1) is 30.1. The summed E-state index contributed by atoms with van der Waals surface area (Å²) in [6.45, 7) is 4.53. The predicted octanol–water partition coefficient (Wildman–Crippen LogP) is 6.81. The second-order valence-electron chi connectivity index (χ2n) is 16.2. The first-order valence-electron chi connectivity index (χ1n) is 21.0. The van der Waals surface area contributed by atoms with Gasteiger partial charge in [-0.15, -0.1) is 0 Å². The third-order valence-electron chi connectivity index (χ3n) is 12.5. The molecule has 3 aromatic heterocycles. The van der Waals surface area contributed by atoms with Crippen molar-refractivity contribution in [2.24, 2.45) is 5.92 Å². The van der Waals surface area contributed by atoms with Crippen LogP contribution in [0.1, 0.15) is 74.4 Å². The minimum absolute atomic E-state index is 0.0654. The molecule has 0 saturated carbocycles. The lowest BCUT2D eigenvalue weighted by atomic mass is 9.97. The highest BCUT2D eigenvalue weighted by Crippen LogP contribution is 2.45. The molecule has 1 saturated heterocycles. The smallest absolute Gasteiger partial charge is 0.407 e. The van der Waals surface area contributed by atoms with Crippen molar-refractivity contribution in [3.8, 4) is 33.8 Å². The normalized spacial score (nSPS) is 19.2. The molecular weight excluding hydrogens is 789 g/mol. The zero-order valence-corrected chi connectivity index (χ0v) is 35.0. The van der Waals surface area contributed by atoms with Gasteiger partial charge in [-0.1, -0.05) is 68.8 Å². The Balaban J connectivity index is 0.895. The molecule has 0 aliphatic carbocycles. The number of nitrogens with zero attached hydrogens (tertiary/aromatic N) is 6. The number of carbonyl (C=O) groups is 4. The van der Waals surface area contributed by atoms with Gasteiger partial charge in [-0.2, -0.15) is 0 Å². The number of hydrogen-bond acceptors (Lipinski definition) is 10. The summed E-state index contributed by atoms with van der Waals surface area (Å²) in [5, 5.41) is 5.47. The van der Waals surface area contributed by atoms with Crippen LogP contribution in [0.25, 0.3) is 44.8 Å². The van der Waals surface area contributed by atoms with Gasteiger partial charge in [0.05, 0.1) is 78.7 Å². The van der Waals surface area contributed by atoms with E-state index >= 15 is 0 Å². The second kappa shape index (κ2) is 16.7. The van der Waals surface area contributed by atoms with E-state index in [-0.39, 0.29) is 29.8 Å². The third-order valence-corrected chi connectivity index (χ3v) is 12.5. The van der Waals surface area contributed by atoms with Gasteiger partial charge in [-0.05, 0) is 60.4 Å². The SMILES string of the molecule is CC[C@H](C)[C@H](NC(=O)OC)C(=O)N1CCCC1c1ncc(-c2ccc(-c3cnc4cc(-c5cnc([C@@H]6Cc7cccc8c7N6C(=O)[C@@H](NC(=O)OC)CC8)[nH]5)ccc4n3)cc2)[nH]1. The summed E-state index contributed by atoms with van der Waals surface area (Å²) in [5.41, 5.74) is 9.56. The molecule has 6 aromatic rings. The number of aromatic nitrogens is 6. The molecule has 4 amide bonds. The number of likely N-dealkylation sites (tertiary alicyclic amines) is 1. The molecule has 0 radical (unpaired) electrons. The summed E-state index contributed by atoms with van der Waals surface area (Å²) in [6.07, 6.45) is 8.12. The summed E-state index contributed by atoms with van der Waals surface area (Å²) in [5.74, 6) is 0.976. The summed E-state index contributed by atoms with van der Waals surface area (Å²) < 4.78 is 9.62. The summed E-state index contributed by atoms with van der Waals surface area (Å²) >= 11 is 0. The van der Waals surface area contributed by atoms with E-state index in [1.807, 2.05) is 79.4 Å². The van der Waals surface area contributed by atoms with Gasteiger partial charge in [0.1, 0.15) is 23.7 Å². The van der Waals surface area contributed by atoms with Crippen molar-refractivity contribution in [3.05, 3.63) is 102 Å². The van der Waals surface area contributed by atoms with Crippen LogP contribution in [0.3, 0.4) is 0 Å². The highest BCUT2D eigenvalue weighted by Gasteiger charge is 2.43. The van der Waals surface area contributed by atoms with E-state index in [0.29, 0.717) is 37.5 Å². The van der Waals surface area contributed by atoms with Crippen LogP contribution in [0.5, 0.6) is 0 Å². The minimum Gasteiger partial charge on any atom is -0.453 e.